The van der Waals surface area contributed by atoms with Crippen LogP contribution >= 0.6 is 27.5 Å². The highest BCUT2D eigenvalue weighted by molar-refractivity contribution is 9.10. The summed E-state index contributed by atoms with van der Waals surface area (Å²) < 4.78 is 0.430. The Morgan fingerprint density at radius 1 is 1.64 bits per heavy atom. The molecule has 0 unspecified atom stereocenters. The maximum Gasteiger partial charge on any atom is 0.337 e. The number of carboxylic acid groups (broad SMARTS) is 1. The van der Waals surface area contributed by atoms with Crippen LogP contribution in [0.5, 0.6) is 0 Å². The Balaban J connectivity index is 3.53. The number of benzene rings is 1. The molecule has 0 saturated heterocycles. The molecule has 1 N–H and O–H groups in total. The van der Waals surface area contributed by atoms with Gasteiger partial charge in [-0.05, 0) is 28.1 Å². The zero-order valence-corrected chi connectivity index (χ0v) is 9.26. The van der Waals surface area contributed by atoms with Crippen LogP contribution in [0.1, 0.15) is 21.5 Å². The summed E-state index contributed by atoms with van der Waals surface area (Å²) in [4.78, 5) is 10.9. The monoisotopic (exact) mass is 273 g/mol. The lowest BCUT2D eigenvalue weighted by Crippen LogP contribution is -2.04. The fourth-order valence-corrected chi connectivity index (χ4v) is 1.91. The largest absolute Gasteiger partial charge is 0.478 e. The van der Waals surface area contributed by atoms with E-state index in [4.69, 9.17) is 22.0 Å². The first-order valence-corrected chi connectivity index (χ1v) is 4.95. The Hall–Kier alpha value is -1.05. The van der Waals surface area contributed by atoms with E-state index >= 15 is 0 Å². The van der Waals surface area contributed by atoms with Crippen LogP contribution in [0, 0.1) is 11.3 Å². The second kappa shape index (κ2) is 4.45. The van der Waals surface area contributed by atoms with Gasteiger partial charge in [-0.3, -0.25) is 0 Å². The van der Waals surface area contributed by atoms with Crippen molar-refractivity contribution in [3.63, 3.8) is 0 Å². The number of aromatic carboxylic acids is 1. The second-order valence-electron chi connectivity index (χ2n) is 2.50. The number of carbonyl (C=O) groups is 1. The standard InChI is InChI=1S/C9H5BrClNO2/c10-7-2-1-5(4-12)6(3-11)8(7)9(13)14/h1-2H,3H2,(H,13,14). The van der Waals surface area contributed by atoms with Crippen molar-refractivity contribution in [1.82, 2.24) is 0 Å². The number of alkyl halides is 1. The van der Waals surface area contributed by atoms with E-state index in [-0.39, 0.29) is 11.4 Å². The van der Waals surface area contributed by atoms with Gasteiger partial charge in [0, 0.05) is 15.9 Å². The molecule has 1 aromatic rings. The maximum absolute atomic E-state index is 10.9. The van der Waals surface area contributed by atoms with Crippen molar-refractivity contribution in [3.05, 3.63) is 33.3 Å². The Bertz CT molecular complexity index is 426. The molecular formula is C9H5BrClNO2. The minimum absolute atomic E-state index is 0.00394. The van der Waals surface area contributed by atoms with Crippen molar-refractivity contribution in [2.75, 3.05) is 0 Å². The molecule has 72 valence electrons. The van der Waals surface area contributed by atoms with Gasteiger partial charge in [0.05, 0.1) is 17.2 Å². The SMILES string of the molecule is N#Cc1ccc(Br)c(C(=O)O)c1CCl. The molecule has 0 radical (unpaired) electrons. The summed E-state index contributed by atoms with van der Waals surface area (Å²) in [5, 5.41) is 17.6. The molecule has 14 heavy (non-hydrogen) atoms. The minimum Gasteiger partial charge on any atom is -0.478 e. The van der Waals surface area contributed by atoms with Gasteiger partial charge in [0.2, 0.25) is 0 Å². The van der Waals surface area contributed by atoms with Gasteiger partial charge in [0.25, 0.3) is 0 Å². The number of nitrogens with zero attached hydrogens (tertiary/aromatic N) is 1. The van der Waals surface area contributed by atoms with E-state index in [1.54, 1.807) is 0 Å². The number of hydrogen-bond acceptors (Lipinski definition) is 2. The molecule has 0 aromatic heterocycles. The van der Waals surface area contributed by atoms with Gasteiger partial charge >= 0.3 is 5.97 Å². The number of halogens is 2. The van der Waals surface area contributed by atoms with Crippen molar-refractivity contribution in [1.29, 1.82) is 5.26 Å². The molecule has 1 aromatic carbocycles. The fourth-order valence-electron chi connectivity index (χ4n) is 1.09. The highest BCUT2D eigenvalue weighted by Gasteiger charge is 2.16. The number of rotatable bonds is 2. The van der Waals surface area contributed by atoms with Gasteiger partial charge in [-0.25, -0.2) is 4.79 Å². The first kappa shape index (κ1) is 11.0. The van der Waals surface area contributed by atoms with E-state index < -0.39 is 5.97 Å². The van der Waals surface area contributed by atoms with Crippen LogP contribution in [0.4, 0.5) is 0 Å². The summed E-state index contributed by atoms with van der Waals surface area (Å²) in [6.07, 6.45) is 0. The van der Waals surface area contributed by atoms with E-state index in [2.05, 4.69) is 15.9 Å². The van der Waals surface area contributed by atoms with Crippen molar-refractivity contribution < 1.29 is 9.90 Å². The number of nitriles is 1. The molecule has 5 heteroatoms. The molecule has 0 aliphatic rings. The molecule has 0 atom stereocenters. The molecule has 0 aliphatic heterocycles. The van der Waals surface area contributed by atoms with Crippen LogP contribution < -0.4 is 0 Å². The summed E-state index contributed by atoms with van der Waals surface area (Å²) in [5.41, 5.74) is 0.690. The third kappa shape index (κ3) is 1.89. The maximum atomic E-state index is 10.9. The summed E-state index contributed by atoms with van der Waals surface area (Å²) in [7, 11) is 0. The van der Waals surface area contributed by atoms with Crippen LogP contribution in [0.15, 0.2) is 16.6 Å². The third-order valence-corrected chi connectivity index (χ3v) is 2.66. The van der Waals surface area contributed by atoms with Crippen LogP contribution in [0.3, 0.4) is 0 Å². The van der Waals surface area contributed by atoms with Gasteiger partial charge in [0.1, 0.15) is 0 Å². The normalized spacial score (nSPS) is 9.50. The lowest BCUT2D eigenvalue weighted by molar-refractivity contribution is 0.0695. The summed E-state index contributed by atoms with van der Waals surface area (Å²) in [6, 6.07) is 4.96. The molecule has 0 aliphatic carbocycles. The van der Waals surface area contributed by atoms with Gasteiger partial charge in [-0.1, -0.05) is 0 Å². The van der Waals surface area contributed by atoms with Crippen LogP contribution in [-0.4, -0.2) is 11.1 Å². The molecule has 0 bridgehead atoms. The van der Waals surface area contributed by atoms with E-state index in [1.165, 1.54) is 12.1 Å². The summed E-state index contributed by atoms with van der Waals surface area (Å²) in [6.45, 7) is 0. The molecule has 0 fully saturated rings. The van der Waals surface area contributed by atoms with E-state index in [1.807, 2.05) is 6.07 Å². The van der Waals surface area contributed by atoms with E-state index in [9.17, 15) is 4.79 Å². The molecule has 0 amide bonds. The molecule has 0 saturated carbocycles. The minimum atomic E-state index is -1.09. The quantitative estimate of drug-likeness (QED) is 0.844. The Morgan fingerprint density at radius 2 is 2.29 bits per heavy atom. The highest BCUT2D eigenvalue weighted by Crippen LogP contribution is 2.25. The van der Waals surface area contributed by atoms with Crippen molar-refractivity contribution >= 4 is 33.5 Å². The lowest BCUT2D eigenvalue weighted by Gasteiger charge is -2.06. The Morgan fingerprint density at radius 3 is 2.71 bits per heavy atom. The lowest BCUT2D eigenvalue weighted by atomic mass is 10.0. The fraction of sp³-hybridized carbons (Fsp3) is 0.111. The van der Waals surface area contributed by atoms with Gasteiger partial charge in [-0.15, -0.1) is 11.6 Å². The molecule has 0 heterocycles. The first-order valence-electron chi connectivity index (χ1n) is 3.62. The smallest absolute Gasteiger partial charge is 0.337 e. The average Bonchev–Trinajstić information content (AvgIpc) is 2.16. The topological polar surface area (TPSA) is 61.1 Å². The highest BCUT2D eigenvalue weighted by atomic mass is 79.9. The van der Waals surface area contributed by atoms with Crippen molar-refractivity contribution in [2.45, 2.75) is 5.88 Å². The Kier molecular flexibility index (Phi) is 3.50. The molecule has 1 rings (SSSR count). The van der Waals surface area contributed by atoms with E-state index in [0.29, 0.717) is 15.6 Å². The zero-order valence-electron chi connectivity index (χ0n) is 6.92. The third-order valence-electron chi connectivity index (χ3n) is 1.73. The zero-order chi connectivity index (χ0) is 10.7. The van der Waals surface area contributed by atoms with E-state index in [0.717, 1.165) is 0 Å². The summed E-state index contributed by atoms with van der Waals surface area (Å²) >= 11 is 8.70. The average molecular weight is 275 g/mol. The Labute approximate surface area is 94.0 Å². The van der Waals surface area contributed by atoms with Gasteiger partial charge in [-0.2, -0.15) is 5.26 Å². The van der Waals surface area contributed by atoms with Crippen LogP contribution in [-0.2, 0) is 5.88 Å². The van der Waals surface area contributed by atoms with Crippen molar-refractivity contribution in [3.8, 4) is 6.07 Å². The molecule has 0 spiro atoms. The number of hydrogen-bond donors (Lipinski definition) is 1. The molecular weight excluding hydrogens is 269 g/mol. The van der Waals surface area contributed by atoms with Crippen LogP contribution in [0.25, 0.3) is 0 Å². The number of carboxylic acids is 1. The predicted octanol–water partition coefficient (Wildman–Crippen LogP) is 2.76. The first-order chi connectivity index (χ1) is 6.61. The molecule has 3 nitrogen and oxygen atoms in total. The van der Waals surface area contributed by atoms with Crippen molar-refractivity contribution in [2.24, 2.45) is 0 Å². The van der Waals surface area contributed by atoms with Gasteiger partial charge < -0.3 is 5.11 Å². The second-order valence-corrected chi connectivity index (χ2v) is 3.62. The predicted molar refractivity (Wildman–Crippen MR) is 55.4 cm³/mol. The summed E-state index contributed by atoms with van der Waals surface area (Å²) in [5.74, 6) is -1.09. The van der Waals surface area contributed by atoms with Crippen LogP contribution in [0.2, 0.25) is 0 Å². The van der Waals surface area contributed by atoms with Gasteiger partial charge in [0.15, 0.2) is 0 Å².